The van der Waals surface area contributed by atoms with Gasteiger partial charge in [0.05, 0.1) is 31.0 Å². The lowest BCUT2D eigenvalue weighted by molar-refractivity contribution is -0.123. The molecule has 8 heteroatoms. The number of hydrogen-bond acceptors (Lipinski definition) is 6. The van der Waals surface area contributed by atoms with Gasteiger partial charge in [-0.2, -0.15) is 4.99 Å². The fraction of sp³-hybridized carbons (Fsp3) is 0.194. The highest BCUT2D eigenvalue weighted by Gasteiger charge is 2.35. The van der Waals surface area contributed by atoms with Crippen LogP contribution in [0.2, 0.25) is 0 Å². The van der Waals surface area contributed by atoms with Crippen molar-refractivity contribution in [1.82, 2.24) is 9.47 Å². The van der Waals surface area contributed by atoms with Crippen LogP contribution in [0.1, 0.15) is 42.3 Å². The zero-order valence-corrected chi connectivity index (χ0v) is 24.9. The second-order valence-electron chi connectivity index (χ2n) is 10.3. The normalized spacial score (nSPS) is 15.0. The molecule has 6 rings (SSSR count). The van der Waals surface area contributed by atoms with E-state index in [4.69, 9.17) is 14.2 Å². The third-order valence-electron chi connectivity index (χ3n) is 7.48. The van der Waals surface area contributed by atoms with Crippen LogP contribution in [0.4, 0.5) is 5.69 Å². The number of esters is 1. The van der Waals surface area contributed by atoms with E-state index in [1.54, 1.807) is 37.3 Å². The average Bonchev–Trinajstić information content (AvgIpc) is 3.51. The average molecular weight is 588 g/mol. The monoisotopic (exact) mass is 587 g/mol. The number of para-hydroxylation sites is 1. The first kappa shape index (κ1) is 28.7. The van der Waals surface area contributed by atoms with Crippen molar-refractivity contribution >= 4 is 51.5 Å². The number of amidine groups is 1. The summed E-state index contributed by atoms with van der Waals surface area (Å²) in [4.78, 5) is 32.1. The highest BCUT2D eigenvalue weighted by Crippen LogP contribution is 2.31. The highest BCUT2D eigenvalue weighted by atomic mass is 16.5. The number of hydrogen-bond donors (Lipinski definition) is 0. The van der Waals surface area contributed by atoms with E-state index in [2.05, 4.69) is 40.7 Å². The highest BCUT2D eigenvalue weighted by molar-refractivity contribution is 6.12. The molecule has 4 aromatic carbocycles. The number of fused-ring (bicyclic) bond motifs is 3. The van der Waals surface area contributed by atoms with Crippen molar-refractivity contribution in [1.29, 1.82) is 0 Å². The first-order valence-electron chi connectivity index (χ1n) is 14.8. The van der Waals surface area contributed by atoms with Crippen molar-refractivity contribution < 1.29 is 23.8 Å². The van der Waals surface area contributed by atoms with Crippen molar-refractivity contribution in [2.24, 2.45) is 4.99 Å². The van der Waals surface area contributed by atoms with E-state index < -0.39 is 5.97 Å². The van der Waals surface area contributed by atoms with Crippen molar-refractivity contribution in [2.45, 2.75) is 33.9 Å². The maximum atomic E-state index is 13.8. The Balaban J connectivity index is 1.35. The second-order valence-corrected chi connectivity index (χ2v) is 10.3. The molecule has 0 bridgehead atoms. The summed E-state index contributed by atoms with van der Waals surface area (Å²) in [5, 5.41) is 2.28. The molecule has 1 amide bonds. The minimum absolute atomic E-state index is 0.155. The van der Waals surface area contributed by atoms with Gasteiger partial charge in [0.25, 0.3) is 5.91 Å². The number of aryl methyl sites for hydroxylation is 1. The van der Waals surface area contributed by atoms with Gasteiger partial charge in [0.1, 0.15) is 5.75 Å². The van der Waals surface area contributed by atoms with E-state index in [0.29, 0.717) is 24.5 Å². The number of carbonyl (C=O) groups is 2. The van der Waals surface area contributed by atoms with Crippen LogP contribution in [-0.4, -0.2) is 40.6 Å². The van der Waals surface area contributed by atoms with Crippen LogP contribution in [0.15, 0.2) is 102 Å². The molecule has 1 aromatic heterocycles. The van der Waals surface area contributed by atoms with E-state index in [1.165, 1.54) is 10.4 Å². The van der Waals surface area contributed by atoms with Gasteiger partial charge in [0, 0.05) is 28.4 Å². The van der Waals surface area contributed by atoms with Gasteiger partial charge in [-0.25, -0.2) is 4.79 Å². The summed E-state index contributed by atoms with van der Waals surface area (Å²) in [6, 6.07) is 28.9. The minimum atomic E-state index is -0.402. The molecule has 0 aliphatic carbocycles. The molecule has 8 nitrogen and oxygen atoms in total. The third-order valence-corrected chi connectivity index (χ3v) is 7.48. The number of amides is 1. The predicted octanol–water partition coefficient (Wildman–Crippen LogP) is 7.48. The largest absolute Gasteiger partial charge is 0.494 e. The number of benzene rings is 4. The quantitative estimate of drug-likeness (QED) is 0.132. The Labute approximate surface area is 255 Å². The van der Waals surface area contributed by atoms with Crippen LogP contribution in [0.5, 0.6) is 5.75 Å². The zero-order chi connectivity index (χ0) is 30.6. The minimum Gasteiger partial charge on any atom is -0.494 e. The maximum absolute atomic E-state index is 13.8. The van der Waals surface area contributed by atoms with Crippen LogP contribution in [0, 0.1) is 0 Å². The fourth-order valence-corrected chi connectivity index (χ4v) is 5.42. The van der Waals surface area contributed by atoms with Gasteiger partial charge in [-0.15, -0.1) is 0 Å². The first-order valence-corrected chi connectivity index (χ1v) is 14.8. The molecule has 1 aliphatic heterocycles. The molecular weight excluding hydrogens is 554 g/mol. The molecular formula is C36H33N3O5. The van der Waals surface area contributed by atoms with Gasteiger partial charge in [-0.3, -0.25) is 9.69 Å². The molecule has 0 saturated carbocycles. The summed E-state index contributed by atoms with van der Waals surface area (Å²) < 4.78 is 19.1. The number of aliphatic imine (C=N–C) groups is 1. The number of ether oxygens (including phenoxy) is 3. The van der Waals surface area contributed by atoms with E-state index >= 15 is 0 Å². The zero-order valence-electron chi connectivity index (χ0n) is 24.9. The summed E-state index contributed by atoms with van der Waals surface area (Å²) in [6.07, 6.45) is 1.76. The molecule has 1 fully saturated rings. The van der Waals surface area contributed by atoms with Crippen LogP contribution < -0.4 is 4.74 Å². The Morgan fingerprint density at radius 3 is 2.34 bits per heavy atom. The predicted molar refractivity (Wildman–Crippen MR) is 172 cm³/mol. The lowest BCUT2D eigenvalue weighted by Crippen LogP contribution is -2.29. The molecule has 0 radical (unpaired) electrons. The number of rotatable bonds is 9. The summed E-state index contributed by atoms with van der Waals surface area (Å²) in [5.41, 5.74) is 5.01. The van der Waals surface area contributed by atoms with Crippen molar-refractivity contribution in [3.05, 3.63) is 113 Å². The molecule has 0 spiro atoms. The summed E-state index contributed by atoms with van der Waals surface area (Å²) in [6.45, 7) is 7.81. The maximum Gasteiger partial charge on any atom is 0.338 e. The lowest BCUT2D eigenvalue weighted by Gasteiger charge is -2.14. The Hall–Kier alpha value is -5.37. The molecule has 0 N–H and O–H groups in total. The van der Waals surface area contributed by atoms with E-state index in [0.717, 1.165) is 39.7 Å². The van der Waals surface area contributed by atoms with Crippen molar-refractivity contribution in [2.75, 3.05) is 13.2 Å². The number of carbonyl (C=O) groups excluding carboxylic acids is 2. The van der Waals surface area contributed by atoms with Crippen LogP contribution in [-0.2, 0) is 27.4 Å². The number of aromatic nitrogens is 1. The summed E-state index contributed by atoms with van der Waals surface area (Å²) >= 11 is 0. The van der Waals surface area contributed by atoms with Gasteiger partial charge in [-0.1, -0.05) is 36.4 Å². The van der Waals surface area contributed by atoms with E-state index in [9.17, 15) is 9.59 Å². The molecule has 222 valence electrons. The SMILES string of the molecule is CCOC(=O)c1ccc(/N=C2\O/C(=C/c3ccc4c(c3)c3ccccc3n4CC)C(=O)N2Cc2ccc(OCC)cc2)cc1. The third kappa shape index (κ3) is 5.66. The lowest BCUT2D eigenvalue weighted by atomic mass is 10.1. The van der Waals surface area contributed by atoms with Crippen LogP contribution in [0.25, 0.3) is 27.9 Å². The number of nitrogens with zero attached hydrogens (tertiary/aromatic N) is 3. The van der Waals surface area contributed by atoms with Crippen LogP contribution >= 0.6 is 0 Å². The van der Waals surface area contributed by atoms with Gasteiger partial charge in [0.15, 0.2) is 5.76 Å². The molecule has 0 unspecified atom stereocenters. The first-order chi connectivity index (χ1) is 21.5. The topological polar surface area (TPSA) is 82.4 Å². The smallest absolute Gasteiger partial charge is 0.338 e. The van der Waals surface area contributed by atoms with Gasteiger partial charge < -0.3 is 18.8 Å². The Bertz CT molecular complexity index is 1900. The van der Waals surface area contributed by atoms with Crippen LogP contribution in [0.3, 0.4) is 0 Å². The van der Waals surface area contributed by atoms with E-state index in [-0.39, 0.29) is 24.2 Å². The molecule has 5 aromatic rings. The molecule has 2 heterocycles. The Morgan fingerprint density at radius 1 is 0.864 bits per heavy atom. The van der Waals surface area contributed by atoms with Crippen molar-refractivity contribution in [3.8, 4) is 5.75 Å². The fourth-order valence-electron chi connectivity index (χ4n) is 5.42. The molecule has 0 atom stereocenters. The molecule has 44 heavy (non-hydrogen) atoms. The molecule has 1 saturated heterocycles. The van der Waals surface area contributed by atoms with Crippen molar-refractivity contribution in [3.63, 3.8) is 0 Å². The summed E-state index contributed by atoms with van der Waals surface area (Å²) in [5.74, 6) is 0.241. The molecule has 1 aliphatic rings. The van der Waals surface area contributed by atoms with Gasteiger partial charge >= 0.3 is 12.0 Å². The van der Waals surface area contributed by atoms with E-state index in [1.807, 2.05) is 49.4 Å². The van der Waals surface area contributed by atoms with Gasteiger partial charge in [-0.05, 0) is 92.6 Å². The Kier molecular flexibility index (Phi) is 8.14. The Morgan fingerprint density at radius 2 is 1.61 bits per heavy atom. The standard InChI is InChI=1S/C36H33N3O5/c1-4-38-31-10-8-7-9-29(31)30-21-25(13-20-32(30)38)22-33-34(40)39(23-24-11-18-28(19-12-24)42-5-2)36(44-33)37-27-16-14-26(15-17-27)35(41)43-6-3/h7-22H,4-6,23H2,1-3H3/b33-22+,37-36-. The summed E-state index contributed by atoms with van der Waals surface area (Å²) in [7, 11) is 0. The second kappa shape index (κ2) is 12.5. The van der Waals surface area contributed by atoms with Gasteiger partial charge in [0.2, 0.25) is 0 Å².